The van der Waals surface area contributed by atoms with Crippen LogP contribution in [0.5, 0.6) is 0 Å². The molecule has 0 aliphatic carbocycles. The number of ether oxygens (including phenoxy) is 3. The first-order chi connectivity index (χ1) is 18.7. The van der Waals surface area contributed by atoms with Crippen molar-refractivity contribution >= 4 is 35.3 Å². The first-order valence-electron chi connectivity index (χ1n) is 12.3. The highest BCUT2D eigenvalue weighted by atomic mass is 16.6. The van der Waals surface area contributed by atoms with Crippen LogP contribution in [0.15, 0.2) is 66.4 Å². The maximum atomic E-state index is 13.0. The quantitative estimate of drug-likeness (QED) is 0.326. The van der Waals surface area contributed by atoms with Crippen molar-refractivity contribution in [3.8, 4) is 0 Å². The van der Waals surface area contributed by atoms with Gasteiger partial charge in [-0.3, -0.25) is 14.4 Å². The van der Waals surface area contributed by atoms with Crippen LogP contribution in [0.3, 0.4) is 0 Å². The molecule has 1 aliphatic rings. The molecular formula is C28H30N2O9. The van der Waals surface area contributed by atoms with Gasteiger partial charge in [-0.05, 0) is 17.0 Å². The van der Waals surface area contributed by atoms with Crippen molar-refractivity contribution in [3.05, 3.63) is 77.5 Å². The zero-order valence-corrected chi connectivity index (χ0v) is 21.5. The molecule has 0 bridgehead atoms. The number of amides is 2. The van der Waals surface area contributed by atoms with Gasteiger partial charge in [-0.2, -0.15) is 0 Å². The molecule has 0 unspecified atom stereocenters. The van der Waals surface area contributed by atoms with Crippen molar-refractivity contribution in [1.82, 2.24) is 10.6 Å². The SMILES string of the molecule is CC(C)[C@H](NC(=O)OCc1ccccc1)C(=O)N[C@@H](CC(=O)O)C(=O)COC1=C(c2ccccc2)C(=O)OC1. The Kier molecular flexibility index (Phi) is 10.2. The number of esters is 1. The fourth-order valence-corrected chi connectivity index (χ4v) is 3.75. The summed E-state index contributed by atoms with van der Waals surface area (Å²) >= 11 is 0. The number of ketones is 1. The summed E-state index contributed by atoms with van der Waals surface area (Å²) in [5.74, 6) is -3.71. The number of benzene rings is 2. The van der Waals surface area contributed by atoms with E-state index >= 15 is 0 Å². The van der Waals surface area contributed by atoms with E-state index in [1.54, 1.807) is 68.4 Å². The number of hydrogen-bond acceptors (Lipinski definition) is 8. The van der Waals surface area contributed by atoms with E-state index in [1.165, 1.54) is 0 Å². The fourth-order valence-electron chi connectivity index (χ4n) is 3.75. The van der Waals surface area contributed by atoms with Gasteiger partial charge in [-0.15, -0.1) is 0 Å². The number of hydrogen-bond donors (Lipinski definition) is 3. The Balaban J connectivity index is 1.64. The van der Waals surface area contributed by atoms with Gasteiger partial charge in [0.25, 0.3) is 0 Å². The molecule has 2 amide bonds. The van der Waals surface area contributed by atoms with Crippen LogP contribution < -0.4 is 10.6 Å². The minimum absolute atomic E-state index is 0.0103. The summed E-state index contributed by atoms with van der Waals surface area (Å²) in [7, 11) is 0. The van der Waals surface area contributed by atoms with Gasteiger partial charge in [0.15, 0.2) is 5.78 Å². The largest absolute Gasteiger partial charge is 0.486 e. The lowest BCUT2D eigenvalue weighted by molar-refractivity contribution is -0.141. The lowest BCUT2D eigenvalue weighted by Gasteiger charge is -2.24. The van der Waals surface area contributed by atoms with E-state index in [1.807, 2.05) is 6.07 Å². The van der Waals surface area contributed by atoms with Crippen LogP contribution in [0.4, 0.5) is 4.79 Å². The smallest absolute Gasteiger partial charge is 0.408 e. The van der Waals surface area contributed by atoms with E-state index in [4.69, 9.17) is 14.2 Å². The molecule has 0 saturated heterocycles. The predicted octanol–water partition coefficient (Wildman–Crippen LogP) is 2.45. The normalized spacial score (nSPS) is 14.3. The van der Waals surface area contributed by atoms with Crippen molar-refractivity contribution in [1.29, 1.82) is 0 Å². The average Bonchev–Trinajstić information content (AvgIpc) is 3.29. The molecule has 3 N–H and O–H groups in total. The van der Waals surface area contributed by atoms with E-state index in [9.17, 15) is 29.1 Å². The van der Waals surface area contributed by atoms with E-state index in [0.29, 0.717) is 5.56 Å². The summed E-state index contributed by atoms with van der Waals surface area (Å²) in [5.41, 5.74) is 1.47. The van der Waals surface area contributed by atoms with E-state index in [0.717, 1.165) is 5.56 Å². The molecule has 11 nitrogen and oxygen atoms in total. The highest BCUT2D eigenvalue weighted by molar-refractivity contribution is 6.19. The van der Waals surface area contributed by atoms with Gasteiger partial charge < -0.3 is 30.0 Å². The van der Waals surface area contributed by atoms with Gasteiger partial charge in [-0.1, -0.05) is 74.5 Å². The Morgan fingerprint density at radius 2 is 1.62 bits per heavy atom. The Morgan fingerprint density at radius 3 is 2.23 bits per heavy atom. The second-order valence-corrected chi connectivity index (χ2v) is 9.08. The van der Waals surface area contributed by atoms with Crippen molar-refractivity contribution in [2.75, 3.05) is 13.2 Å². The summed E-state index contributed by atoms with van der Waals surface area (Å²) < 4.78 is 15.7. The molecule has 0 saturated carbocycles. The monoisotopic (exact) mass is 538 g/mol. The maximum absolute atomic E-state index is 13.0. The molecule has 11 heteroatoms. The average molecular weight is 539 g/mol. The first-order valence-corrected chi connectivity index (χ1v) is 12.3. The molecule has 39 heavy (non-hydrogen) atoms. The Labute approximate surface area is 225 Å². The molecule has 0 fully saturated rings. The van der Waals surface area contributed by atoms with Gasteiger partial charge in [-0.25, -0.2) is 9.59 Å². The second-order valence-electron chi connectivity index (χ2n) is 9.08. The third-order valence-corrected chi connectivity index (χ3v) is 5.79. The number of rotatable bonds is 13. The zero-order chi connectivity index (χ0) is 28.4. The number of carboxylic acids is 1. The number of aliphatic carboxylic acids is 1. The number of cyclic esters (lactones) is 1. The minimum atomic E-state index is -1.45. The van der Waals surface area contributed by atoms with Crippen LogP contribution in [-0.2, 0) is 40.0 Å². The van der Waals surface area contributed by atoms with E-state index < -0.39 is 60.8 Å². The van der Waals surface area contributed by atoms with Gasteiger partial charge in [0.05, 0.1) is 6.42 Å². The summed E-state index contributed by atoms with van der Waals surface area (Å²) in [6.07, 6.45) is -1.56. The molecule has 1 heterocycles. The van der Waals surface area contributed by atoms with Gasteiger partial charge in [0.2, 0.25) is 5.91 Å². The lowest BCUT2D eigenvalue weighted by Crippen LogP contribution is -2.54. The fraction of sp³-hybridized carbons (Fsp3) is 0.321. The van der Waals surface area contributed by atoms with Crippen molar-refractivity contribution in [3.63, 3.8) is 0 Å². The van der Waals surface area contributed by atoms with Gasteiger partial charge in [0, 0.05) is 0 Å². The number of Topliss-reactive ketones (excluding diaryl/α,β-unsaturated/α-hetero) is 1. The molecule has 0 spiro atoms. The number of alkyl carbamates (subject to hydrolysis) is 1. The van der Waals surface area contributed by atoms with Crippen LogP contribution >= 0.6 is 0 Å². The molecule has 2 aromatic rings. The van der Waals surface area contributed by atoms with Crippen LogP contribution in [0, 0.1) is 5.92 Å². The Hall–Kier alpha value is -4.67. The number of carbonyl (C=O) groups excluding carboxylic acids is 4. The first kappa shape index (κ1) is 28.9. The van der Waals surface area contributed by atoms with Gasteiger partial charge in [0.1, 0.15) is 43.2 Å². The molecule has 0 radical (unpaired) electrons. The summed E-state index contributed by atoms with van der Waals surface area (Å²) in [4.78, 5) is 61.8. The number of carboxylic acid groups (broad SMARTS) is 1. The summed E-state index contributed by atoms with van der Waals surface area (Å²) in [6.45, 7) is 2.54. The third kappa shape index (κ3) is 8.42. The Morgan fingerprint density at radius 1 is 0.974 bits per heavy atom. The molecule has 0 aromatic heterocycles. The molecule has 206 valence electrons. The maximum Gasteiger partial charge on any atom is 0.408 e. The highest BCUT2D eigenvalue weighted by Gasteiger charge is 2.32. The predicted molar refractivity (Wildman–Crippen MR) is 138 cm³/mol. The van der Waals surface area contributed by atoms with E-state index in [-0.39, 0.29) is 24.5 Å². The standard InChI is InChI=1S/C28H30N2O9/c1-17(2)25(30-28(36)39-14-18-9-5-3-6-10-18)26(34)29-20(13-23(32)33)21(31)15-37-22-16-38-27(35)24(22)19-11-7-4-8-12-19/h3-12,17,20,25H,13-16H2,1-2H3,(H,29,34)(H,30,36)(H,32,33)/t20-,25-/m0/s1. The molecule has 2 atom stereocenters. The van der Waals surface area contributed by atoms with Crippen molar-refractivity contribution < 1.29 is 43.3 Å². The van der Waals surface area contributed by atoms with Crippen LogP contribution in [0.2, 0.25) is 0 Å². The van der Waals surface area contributed by atoms with E-state index in [2.05, 4.69) is 10.6 Å². The lowest BCUT2D eigenvalue weighted by atomic mass is 10.0. The van der Waals surface area contributed by atoms with Crippen molar-refractivity contribution in [2.24, 2.45) is 5.92 Å². The Bertz CT molecular complexity index is 1230. The minimum Gasteiger partial charge on any atom is -0.486 e. The summed E-state index contributed by atoms with van der Waals surface area (Å²) in [5, 5.41) is 14.2. The topological polar surface area (TPSA) is 157 Å². The second kappa shape index (κ2) is 13.8. The molecule has 1 aliphatic heterocycles. The van der Waals surface area contributed by atoms with Crippen molar-refractivity contribution in [2.45, 2.75) is 39.0 Å². The van der Waals surface area contributed by atoms with Crippen LogP contribution in [0.25, 0.3) is 5.57 Å². The van der Waals surface area contributed by atoms with Crippen LogP contribution in [0.1, 0.15) is 31.4 Å². The zero-order valence-electron chi connectivity index (χ0n) is 21.5. The molecular weight excluding hydrogens is 508 g/mol. The van der Waals surface area contributed by atoms with Crippen LogP contribution in [-0.4, -0.2) is 60.1 Å². The highest BCUT2D eigenvalue weighted by Crippen LogP contribution is 2.26. The van der Waals surface area contributed by atoms with Gasteiger partial charge >= 0.3 is 18.0 Å². The number of carbonyl (C=O) groups is 5. The third-order valence-electron chi connectivity index (χ3n) is 5.79. The molecule has 2 aromatic carbocycles. The number of nitrogens with one attached hydrogen (secondary N) is 2. The summed E-state index contributed by atoms with van der Waals surface area (Å²) in [6, 6.07) is 15.0. The molecule has 3 rings (SSSR count).